The van der Waals surface area contributed by atoms with Crippen LogP contribution in [0.4, 0.5) is 5.69 Å². The Balaban J connectivity index is 2.48. The first kappa shape index (κ1) is 13.4. The molecule has 1 aliphatic heterocycles. The Hall–Kier alpha value is -2.06. The Labute approximate surface area is 112 Å². The van der Waals surface area contributed by atoms with E-state index in [4.69, 9.17) is 10.00 Å². The summed E-state index contributed by atoms with van der Waals surface area (Å²) in [5.74, 6) is 0.470. The van der Waals surface area contributed by atoms with Crippen LogP contribution in [0.25, 0.3) is 0 Å². The highest BCUT2D eigenvalue weighted by Crippen LogP contribution is 2.36. The lowest BCUT2D eigenvalue weighted by molar-refractivity contribution is -0.125. The third-order valence-corrected chi connectivity index (χ3v) is 3.13. The van der Waals surface area contributed by atoms with Crippen LogP contribution in [0.2, 0.25) is 0 Å². The molecule has 1 N–H and O–H groups in total. The van der Waals surface area contributed by atoms with E-state index in [9.17, 15) is 4.79 Å². The van der Waals surface area contributed by atoms with Gasteiger partial charge in [0.05, 0.1) is 11.8 Å². The molecule has 0 bridgehead atoms. The molecule has 1 aromatic rings. The molecule has 2 atom stereocenters. The van der Waals surface area contributed by atoms with Gasteiger partial charge in [0.25, 0.3) is 5.91 Å². The van der Waals surface area contributed by atoms with E-state index in [0.717, 1.165) is 5.56 Å². The summed E-state index contributed by atoms with van der Waals surface area (Å²) in [5.41, 5.74) is 1.72. The number of ether oxygens (including phenoxy) is 1. The SMILES string of the molecule is CNCc1ccc2c(c1)N(C(C)C#N)C(=O)C(C)O2. The van der Waals surface area contributed by atoms with Crippen molar-refractivity contribution < 1.29 is 9.53 Å². The van der Waals surface area contributed by atoms with Crippen LogP contribution in [0.1, 0.15) is 19.4 Å². The Bertz CT molecular complexity index is 536. The maximum atomic E-state index is 12.2. The smallest absolute Gasteiger partial charge is 0.268 e. The summed E-state index contributed by atoms with van der Waals surface area (Å²) >= 11 is 0. The van der Waals surface area contributed by atoms with E-state index in [1.165, 1.54) is 4.90 Å². The number of nitriles is 1. The Kier molecular flexibility index (Phi) is 3.72. The van der Waals surface area contributed by atoms with Gasteiger partial charge in [-0.05, 0) is 38.6 Å². The van der Waals surface area contributed by atoms with Crippen molar-refractivity contribution in [2.75, 3.05) is 11.9 Å². The van der Waals surface area contributed by atoms with Gasteiger partial charge in [0, 0.05) is 6.54 Å². The highest BCUT2D eigenvalue weighted by Gasteiger charge is 2.34. The lowest BCUT2D eigenvalue weighted by Crippen LogP contribution is -2.48. The van der Waals surface area contributed by atoms with E-state index in [1.807, 2.05) is 25.2 Å². The minimum atomic E-state index is -0.557. The largest absolute Gasteiger partial charge is 0.479 e. The first-order valence-electron chi connectivity index (χ1n) is 6.25. The number of rotatable bonds is 3. The minimum absolute atomic E-state index is 0.178. The summed E-state index contributed by atoms with van der Waals surface area (Å²) in [4.78, 5) is 13.7. The molecule has 0 saturated heterocycles. The summed E-state index contributed by atoms with van der Waals surface area (Å²) in [6.45, 7) is 4.11. The fraction of sp³-hybridized carbons (Fsp3) is 0.429. The quantitative estimate of drug-likeness (QED) is 0.892. The number of benzene rings is 1. The van der Waals surface area contributed by atoms with Crippen molar-refractivity contribution in [1.82, 2.24) is 5.32 Å². The zero-order valence-electron chi connectivity index (χ0n) is 11.3. The molecule has 0 aliphatic carbocycles. The van der Waals surface area contributed by atoms with E-state index in [0.29, 0.717) is 18.0 Å². The molecular weight excluding hydrogens is 242 g/mol. The lowest BCUT2D eigenvalue weighted by Gasteiger charge is -2.34. The van der Waals surface area contributed by atoms with E-state index in [-0.39, 0.29) is 5.91 Å². The van der Waals surface area contributed by atoms with Gasteiger partial charge in [0.1, 0.15) is 11.8 Å². The van der Waals surface area contributed by atoms with E-state index < -0.39 is 12.1 Å². The fourth-order valence-electron chi connectivity index (χ4n) is 2.18. The van der Waals surface area contributed by atoms with Crippen molar-refractivity contribution in [3.63, 3.8) is 0 Å². The zero-order chi connectivity index (χ0) is 14.0. The summed E-state index contributed by atoms with van der Waals surface area (Å²) in [5, 5.41) is 12.2. The van der Waals surface area contributed by atoms with Crippen molar-refractivity contribution in [2.24, 2.45) is 0 Å². The molecule has 1 amide bonds. The second-order valence-electron chi connectivity index (χ2n) is 4.61. The van der Waals surface area contributed by atoms with Crippen LogP contribution in [0.5, 0.6) is 5.75 Å². The molecule has 0 saturated carbocycles. The van der Waals surface area contributed by atoms with E-state index >= 15 is 0 Å². The number of carbonyl (C=O) groups excluding carboxylic acids is 1. The van der Waals surface area contributed by atoms with Crippen LogP contribution in [0.3, 0.4) is 0 Å². The number of fused-ring (bicyclic) bond motifs is 1. The molecule has 2 unspecified atom stereocenters. The Morgan fingerprint density at radius 3 is 2.95 bits per heavy atom. The Morgan fingerprint density at radius 1 is 1.58 bits per heavy atom. The van der Waals surface area contributed by atoms with Gasteiger partial charge in [-0.25, -0.2) is 0 Å². The number of nitrogens with zero attached hydrogens (tertiary/aromatic N) is 2. The van der Waals surface area contributed by atoms with Crippen LogP contribution in [-0.4, -0.2) is 25.1 Å². The number of hydrogen-bond acceptors (Lipinski definition) is 4. The molecule has 0 spiro atoms. The average Bonchev–Trinajstić information content (AvgIpc) is 2.40. The van der Waals surface area contributed by atoms with E-state index in [2.05, 4.69) is 11.4 Å². The van der Waals surface area contributed by atoms with Gasteiger partial charge in [0.15, 0.2) is 6.10 Å². The first-order chi connectivity index (χ1) is 9.08. The third kappa shape index (κ3) is 2.40. The van der Waals surface area contributed by atoms with Crippen LogP contribution < -0.4 is 15.0 Å². The second-order valence-corrected chi connectivity index (χ2v) is 4.61. The van der Waals surface area contributed by atoms with Crippen LogP contribution >= 0.6 is 0 Å². The molecule has 1 heterocycles. The summed E-state index contributed by atoms with van der Waals surface area (Å²) in [7, 11) is 1.86. The van der Waals surface area contributed by atoms with Crippen LogP contribution in [0.15, 0.2) is 18.2 Å². The predicted octanol–water partition coefficient (Wildman–Crippen LogP) is 1.43. The number of amides is 1. The summed E-state index contributed by atoms with van der Waals surface area (Å²) in [6, 6.07) is 7.29. The highest BCUT2D eigenvalue weighted by atomic mass is 16.5. The van der Waals surface area contributed by atoms with Gasteiger partial charge in [-0.1, -0.05) is 6.07 Å². The average molecular weight is 259 g/mol. The maximum absolute atomic E-state index is 12.2. The zero-order valence-corrected chi connectivity index (χ0v) is 11.3. The van der Waals surface area contributed by atoms with Gasteiger partial charge in [-0.15, -0.1) is 0 Å². The molecule has 1 aromatic carbocycles. The van der Waals surface area contributed by atoms with Crippen molar-refractivity contribution in [3.8, 4) is 11.8 Å². The number of carbonyl (C=O) groups is 1. The molecule has 0 aromatic heterocycles. The highest BCUT2D eigenvalue weighted by molar-refractivity contribution is 6.00. The molecular formula is C14H17N3O2. The molecule has 2 rings (SSSR count). The van der Waals surface area contributed by atoms with Crippen molar-refractivity contribution in [2.45, 2.75) is 32.5 Å². The summed E-state index contributed by atoms with van der Waals surface area (Å²) < 4.78 is 5.58. The minimum Gasteiger partial charge on any atom is -0.479 e. The topological polar surface area (TPSA) is 65.4 Å². The molecule has 1 aliphatic rings. The van der Waals surface area contributed by atoms with Gasteiger partial charge in [-0.2, -0.15) is 5.26 Å². The predicted molar refractivity (Wildman–Crippen MR) is 71.9 cm³/mol. The Morgan fingerprint density at radius 2 is 2.32 bits per heavy atom. The molecule has 5 nitrogen and oxygen atoms in total. The monoisotopic (exact) mass is 259 g/mol. The second kappa shape index (κ2) is 5.29. The van der Waals surface area contributed by atoms with Crippen LogP contribution in [-0.2, 0) is 11.3 Å². The molecule has 0 fully saturated rings. The fourth-order valence-corrected chi connectivity index (χ4v) is 2.18. The molecule has 100 valence electrons. The van der Waals surface area contributed by atoms with Crippen molar-refractivity contribution >= 4 is 11.6 Å². The van der Waals surface area contributed by atoms with Crippen molar-refractivity contribution in [1.29, 1.82) is 5.26 Å². The van der Waals surface area contributed by atoms with Gasteiger partial charge >= 0.3 is 0 Å². The van der Waals surface area contributed by atoms with E-state index in [1.54, 1.807) is 13.8 Å². The number of anilines is 1. The standard InChI is InChI=1S/C14H17N3O2/c1-9(7-15)17-12-6-11(8-16-3)4-5-13(12)19-10(2)14(17)18/h4-6,9-10,16H,8H2,1-3H3. The molecule has 5 heteroatoms. The lowest BCUT2D eigenvalue weighted by atomic mass is 10.1. The maximum Gasteiger partial charge on any atom is 0.268 e. The summed E-state index contributed by atoms with van der Waals surface area (Å²) in [6.07, 6.45) is -0.557. The van der Waals surface area contributed by atoms with Crippen LogP contribution in [0, 0.1) is 11.3 Å². The third-order valence-electron chi connectivity index (χ3n) is 3.13. The van der Waals surface area contributed by atoms with Crippen molar-refractivity contribution in [3.05, 3.63) is 23.8 Å². The number of nitrogens with one attached hydrogen (secondary N) is 1. The molecule has 19 heavy (non-hydrogen) atoms. The normalized spacial score (nSPS) is 19.4. The van der Waals surface area contributed by atoms with Gasteiger partial charge in [0.2, 0.25) is 0 Å². The number of hydrogen-bond donors (Lipinski definition) is 1. The van der Waals surface area contributed by atoms with Gasteiger partial charge in [-0.3, -0.25) is 9.69 Å². The first-order valence-corrected chi connectivity index (χ1v) is 6.25. The van der Waals surface area contributed by atoms with Gasteiger partial charge < -0.3 is 10.1 Å². The molecule has 0 radical (unpaired) electrons.